The Morgan fingerprint density at radius 2 is 1.65 bits per heavy atom. The van der Waals surface area contributed by atoms with E-state index in [0.29, 0.717) is 4.90 Å². The molecule has 2 aliphatic rings. The molecule has 2 nitrogen and oxygen atoms in total. The third-order valence-corrected chi connectivity index (χ3v) is 5.34. The van der Waals surface area contributed by atoms with E-state index in [1.807, 2.05) is 31.2 Å². The van der Waals surface area contributed by atoms with Gasteiger partial charge in [0.25, 0.3) is 0 Å². The number of fused-ring (bicyclic) bond motifs is 1. The van der Waals surface area contributed by atoms with Crippen LogP contribution in [0, 0.1) is 0 Å². The van der Waals surface area contributed by atoms with Gasteiger partial charge >= 0.3 is 0 Å². The Morgan fingerprint density at radius 1 is 1.00 bits per heavy atom. The van der Waals surface area contributed by atoms with Gasteiger partial charge in [0.05, 0.1) is 10.6 Å². The van der Waals surface area contributed by atoms with Crippen molar-refractivity contribution in [1.82, 2.24) is 0 Å². The topological polar surface area (TPSA) is 34.1 Å². The van der Waals surface area contributed by atoms with Crippen molar-refractivity contribution >= 4 is 21.4 Å². The van der Waals surface area contributed by atoms with Gasteiger partial charge in [-0.15, -0.1) is 0 Å². The Labute approximate surface area is 125 Å². The lowest BCUT2D eigenvalue weighted by Crippen LogP contribution is -2.03. The van der Waals surface area contributed by atoms with Crippen molar-refractivity contribution in [2.75, 3.05) is 5.75 Å². The number of sulfone groups is 1. The standard InChI is InChI=1S/C10H14O2S.C6H3Cl/c1-3-9-5-7-10(8-6-9)13(11,12)4-2;7-6-2-1-4-3-5(4)6/h5-8H,3-4H2,1-2H3;1-3H. The fraction of sp³-hybridized carbons (Fsp3) is 0.250. The average molecular weight is 309 g/mol. The molecule has 20 heavy (non-hydrogen) atoms. The molecule has 2 aliphatic carbocycles. The van der Waals surface area contributed by atoms with Crippen LogP contribution in [0.2, 0.25) is 5.02 Å². The first-order valence-electron chi connectivity index (χ1n) is 6.59. The third-order valence-electron chi connectivity index (χ3n) is 3.26. The number of halogens is 1. The number of benzene rings is 2. The largest absolute Gasteiger partial charge is 0.224 e. The second-order valence-electron chi connectivity index (χ2n) is 4.60. The van der Waals surface area contributed by atoms with Crippen LogP contribution in [0.25, 0.3) is 11.1 Å². The number of hydrogen-bond acceptors (Lipinski definition) is 2. The molecule has 4 heteroatoms. The minimum atomic E-state index is -3.02. The van der Waals surface area contributed by atoms with Gasteiger partial charge in [-0.25, -0.2) is 8.42 Å². The Hall–Kier alpha value is -1.32. The highest BCUT2D eigenvalue weighted by Gasteiger charge is 2.14. The summed E-state index contributed by atoms with van der Waals surface area (Å²) >= 11 is 5.65. The van der Waals surface area contributed by atoms with Crippen LogP contribution >= 0.6 is 11.6 Å². The molecule has 0 amide bonds. The molecule has 0 unspecified atom stereocenters. The zero-order chi connectivity index (χ0) is 14.8. The first-order chi connectivity index (χ1) is 9.47. The Balaban J connectivity index is 0.000000173. The lowest BCUT2D eigenvalue weighted by Gasteiger charge is -2.01. The van der Waals surface area contributed by atoms with Crippen molar-refractivity contribution in [1.29, 1.82) is 0 Å². The summed E-state index contributed by atoms with van der Waals surface area (Å²) in [4.78, 5) is 0.423. The van der Waals surface area contributed by atoms with E-state index in [1.54, 1.807) is 19.1 Å². The summed E-state index contributed by atoms with van der Waals surface area (Å²) in [6, 6.07) is 13.1. The fourth-order valence-electron chi connectivity index (χ4n) is 1.82. The SMILES string of the molecule is CCc1ccc(S(=O)(=O)CC)cc1.Clc1ccc2cc1-2. The molecule has 0 radical (unpaired) electrons. The number of aryl methyl sites for hydroxylation is 1. The molecule has 0 atom stereocenters. The molecule has 0 heterocycles. The maximum Gasteiger partial charge on any atom is 0.178 e. The van der Waals surface area contributed by atoms with Crippen molar-refractivity contribution in [3.05, 3.63) is 53.1 Å². The monoisotopic (exact) mass is 308 g/mol. The van der Waals surface area contributed by atoms with Crippen LogP contribution in [-0.4, -0.2) is 14.2 Å². The second-order valence-corrected chi connectivity index (χ2v) is 7.28. The smallest absolute Gasteiger partial charge is 0.178 e. The molecule has 1 aromatic carbocycles. The van der Waals surface area contributed by atoms with Gasteiger partial charge in [-0.05, 0) is 41.8 Å². The van der Waals surface area contributed by atoms with Gasteiger partial charge < -0.3 is 0 Å². The van der Waals surface area contributed by atoms with Gasteiger partial charge in [-0.2, -0.15) is 0 Å². The normalized spacial score (nSPS) is 11.6. The van der Waals surface area contributed by atoms with E-state index in [0.717, 1.165) is 17.0 Å². The van der Waals surface area contributed by atoms with Crippen molar-refractivity contribution in [3.63, 3.8) is 0 Å². The highest BCUT2D eigenvalue weighted by molar-refractivity contribution is 7.91. The summed E-state index contributed by atoms with van der Waals surface area (Å²) in [5.74, 6) is 0.165. The van der Waals surface area contributed by atoms with E-state index in [4.69, 9.17) is 11.6 Å². The van der Waals surface area contributed by atoms with Crippen molar-refractivity contribution in [2.24, 2.45) is 0 Å². The maximum atomic E-state index is 11.4. The summed E-state index contributed by atoms with van der Waals surface area (Å²) in [6.07, 6.45) is 0.937. The molecule has 3 rings (SSSR count). The Bertz CT molecular complexity index is 704. The minimum absolute atomic E-state index is 0.165. The average Bonchev–Trinajstić information content (AvgIpc) is 3.18. The van der Waals surface area contributed by atoms with Gasteiger partial charge in [0.2, 0.25) is 0 Å². The van der Waals surface area contributed by atoms with Crippen molar-refractivity contribution in [2.45, 2.75) is 25.2 Å². The molecule has 0 aromatic heterocycles. The van der Waals surface area contributed by atoms with Gasteiger partial charge in [-0.3, -0.25) is 0 Å². The third kappa shape index (κ3) is 3.41. The van der Waals surface area contributed by atoms with E-state index in [9.17, 15) is 8.42 Å². The van der Waals surface area contributed by atoms with Crippen LogP contribution in [0.1, 0.15) is 19.4 Å². The first-order valence-corrected chi connectivity index (χ1v) is 8.62. The quantitative estimate of drug-likeness (QED) is 0.720. The van der Waals surface area contributed by atoms with E-state index < -0.39 is 9.84 Å². The lowest BCUT2D eigenvalue weighted by molar-refractivity contribution is 0.597. The number of rotatable bonds is 3. The van der Waals surface area contributed by atoms with Crippen molar-refractivity contribution < 1.29 is 8.42 Å². The molecule has 0 bridgehead atoms. The molecule has 106 valence electrons. The molecular formula is C16H17ClO2S. The number of hydrogen-bond donors (Lipinski definition) is 0. The zero-order valence-corrected chi connectivity index (χ0v) is 13.1. The van der Waals surface area contributed by atoms with Crippen LogP contribution in [0.3, 0.4) is 0 Å². The fourth-order valence-corrected chi connectivity index (χ4v) is 2.93. The van der Waals surface area contributed by atoms with Crippen LogP contribution in [0.4, 0.5) is 0 Å². The summed E-state index contributed by atoms with van der Waals surface area (Å²) in [6.45, 7) is 3.70. The van der Waals surface area contributed by atoms with E-state index in [-0.39, 0.29) is 5.75 Å². The van der Waals surface area contributed by atoms with E-state index in [1.165, 1.54) is 11.1 Å². The highest BCUT2D eigenvalue weighted by Crippen LogP contribution is 2.40. The lowest BCUT2D eigenvalue weighted by atomic mass is 10.2. The van der Waals surface area contributed by atoms with E-state index in [2.05, 4.69) is 6.07 Å². The summed E-state index contributed by atoms with van der Waals surface area (Å²) in [5.41, 5.74) is 3.71. The summed E-state index contributed by atoms with van der Waals surface area (Å²) in [7, 11) is -3.02. The molecule has 1 aromatic rings. The molecule has 0 fully saturated rings. The van der Waals surface area contributed by atoms with Gasteiger partial charge in [0.1, 0.15) is 0 Å². The van der Waals surface area contributed by atoms with Crippen molar-refractivity contribution in [3.8, 4) is 11.1 Å². The Kier molecular flexibility index (Phi) is 4.51. The van der Waals surface area contributed by atoms with Gasteiger partial charge in [-0.1, -0.05) is 43.6 Å². The molecular weight excluding hydrogens is 292 g/mol. The molecule has 0 aliphatic heterocycles. The Morgan fingerprint density at radius 3 is 1.95 bits per heavy atom. The molecule has 0 spiro atoms. The van der Waals surface area contributed by atoms with Crippen LogP contribution < -0.4 is 0 Å². The molecule has 0 N–H and O–H groups in total. The van der Waals surface area contributed by atoms with Crippen LogP contribution in [0.5, 0.6) is 0 Å². The maximum absolute atomic E-state index is 11.4. The van der Waals surface area contributed by atoms with Gasteiger partial charge in [0.15, 0.2) is 9.84 Å². The van der Waals surface area contributed by atoms with Crippen LogP contribution in [0.15, 0.2) is 47.4 Å². The van der Waals surface area contributed by atoms with Gasteiger partial charge in [0, 0.05) is 10.6 Å². The van der Waals surface area contributed by atoms with Crippen LogP contribution in [-0.2, 0) is 16.3 Å². The predicted molar refractivity (Wildman–Crippen MR) is 84.0 cm³/mol. The summed E-state index contributed by atoms with van der Waals surface area (Å²) in [5, 5.41) is 0.898. The predicted octanol–water partition coefficient (Wildman–Crippen LogP) is 4.36. The minimum Gasteiger partial charge on any atom is -0.224 e. The summed E-state index contributed by atoms with van der Waals surface area (Å²) < 4.78 is 22.8. The highest BCUT2D eigenvalue weighted by atomic mass is 35.5. The molecule has 0 saturated carbocycles. The van der Waals surface area contributed by atoms with E-state index >= 15 is 0 Å². The zero-order valence-electron chi connectivity index (χ0n) is 11.6. The second kappa shape index (κ2) is 5.98. The first kappa shape index (κ1) is 15.1. The molecule has 0 saturated heterocycles.